The standard InChI is InChI=1S/C13H13BrN2O3S/c1-8-3-4-11(5-9(8)2)20(18,19)16-12-6-10(14)7-15-13(12)17/h3-7,16H,1-2H3,(H,15,17). The molecule has 0 aliphatic heterocycles. The number of nitrogens with one attached hydrogen (secondary N) is 2. The molecule has 0 aliphatic carbocycles. The second-order valence-electron chi connectivity index (χ2n) is 4.41. The maximum absolute atomic E-state index is 12.2. The smallest absolute Gasteiger partial charge is 0.272 e. The molecule has 2 N–H and O–H groups in total. The number of aromatic nitrogens is 1. The second kappa shape index (κ2) is 5.41. The highest BCUT2D eigenvalue weighted by atomic mass is 79.9. The van der Waals surface area contributed by atoms with Crippen LogP contribution in [0.25, 0.3) is 0 Å². The fraction of sp³-hybridized carbons (Fsp3) is 0.154. The Morgan fingerprint density at radius 3 is 2.50 bits per heavy atom. The number of benzene rings is 1. The van der Waals surface area contributed by atoms with Crippen LogP contribution in [0.15, 0.2) is 44.6 Å². The van der Waals surface area contributed by atoms with E-state index in [1.807, 2.05) is 13.8 Å². The summed E-state index contributed by atoms with van der Waals surface area (Å²) in [5.41, 5.74) is 1.35. The molecule has 20 heavy (non-hydrogen) atoms. The molecule has 0 fully saturated rings. The Morgan fingerprint density at radius 2 is 1.85 bits per heavy atom. The summed E-state index contributed by atoms with van der Waals surface area (Å²) >= 11 is 3.18. The molecule has 2 aromatic rings. The van der Waals surface area contributed by atoms with Crippen LogP contribution in [-0.4, -0.2) is 13.4 Å². The molecule has 0 amide bonds. The van der Waals surface area contributed by atoms with Gasteiger partial charge in [0.05, 0.1) is 4.90 Å². The third-order valence-corrected chi connectivity index (χ3v) is 4.72. The molecule has 106 valence electrons. The first-order chi connectivity index (χ1) is 9.29. The lowest BCUT2D eigenvalue weighted by Crippen LogP contribution is -2.20. The first kappa shape index (κ1) is 14.8. The van der Waals surface area contributed by atoms with Crippen molar-refractivity contribution in [3.8, 4) is 0 Å². The van der Waals surface area contributed by atoms with Crippen LogP contribution in [0, 0.1) is 13.8 Å². The molecule has 0 spiro atoms. The predicted molar refractivity (Wildman–Crippen MR) is 81.5 cm³/mol. The fourth-order valence-corrected chi connectivity index (χ4v) is 3.10. The number of anilines is 1. The molecule has 0 bridgehead atoms. The first-order valence-electron chi connectivity index (χ1n) is 5.78. The Balaban J connectivity index is 2.43. The van der Waals surface area contributed by atoms with E-state index in [1.165, 1.54) is 18.3 Å². The molecule has 1 heterocycles. The van der Waals surface area contributed by atoms with E-state index < -0.39 is 15.6 Å². The number of aryl methyl sites for hydroxylation is 2. The number of hydrogen-bond donors (Lipinski definition) is 2. The van der Waals surface area contributed by atoms with Crippen LogP contribution in [0.5, 0.6) is 0 Å². The fourth-order valence-electron chi connectivity index (χ4n) is 1.62. The van der Waals surface area contributed by atoms with Crippen LogP contribution in [0.4, 0.5) is 5.69 Å². The van der Waals surface area contributed by atoms with Crippen molar-refractivity contribution >= 4 is 31.6 Å². The predicted octanol–water partition coefficient (Wildman–Crippen LogP) is 2.56. The topological polar surface area (TPSA) is 79.0 Å². The zero-order chi connectivity index (χ0) is 14.9. The van der Waals surface area contributed by atoms with Crippen molar-refractivity contribution in [2.45, 2.75) is 18.7 Å². The van der Waals surface area contributed by atoms with E-state index in [-0.39, 0.29) is 10.6 Å². The van der Waals surface area contributed by atoms with Crippen molar-refractivity contribution in [2.75, 3.05) is 4.72 Å². The number of hydrogen-bond acceptors (Lipinski definition) is 3. The van der Waals surface area contributed by atoms with E-state index in [0.29, 0.717) is 4.47 Å². The molecule has 0 radical (unpaired) electrons. The number of halogens is 1. The summed E-state index contributed by atoms with van der Waals surface area (Å²) < 4.78 is 27.4. The van der Waals surface area contributed by atoms with Gasteiger partial charge in [0, 0.05) is 10.7 Å². The molecule has 0 unspecified atom stereocenters. The zero-order valence-electron chi connectivity index (χ0n) is 10.9. The van der Waals surface area contributed by atoms with Crippen LogP contribution >= 0.6 is 15.9 Å². The van der Waals surface area contributed by atoms with Gasteiger partial charge in [-0.1, -0.05) is 6.07 Å². The van der Waals surface area contributed by atoms with Crippen molar-refractivity contribution in [3.05, 3.63) is 56.4 Å². The average molecular weight is 357 g/mol. The van der Waals surface area contributed by atoms with Crippen molar-refractivity contribution < 1.29 is 8.42 Å². The van der Waals surface area contributed by atoms with Gasteiger partial charge in [-0.05, 0) is 59.1 Å². The summed E-state index contributed by atoms with van der Waals surface area (Å²) in [5.74, 6) is 0. The number of pyridine rings is 1. The number of sulfonamides is 1. The van der Waals surface area contributed by atoms with Crippen LogP contribution < -0.4 is 10.3 Å². The monoisotopic (exact) mass is 356 g/mol. The minimum Gasteiger partial charge on any atom is -0.326 e. The summed E-state index contributed by atoms with van der Waals surface area (Å²) in [6.07, 6.45) is 1.44. The molecular formula is C13H13BrN2O3S. The van der Waals surface area contributed by atoms with Gasteiger partial charge >= 0.3 is 0 Å². The lowest BCUT2D eigenvalue weighted by Gasteiger charge is -2.09. The van der Waals surface area contributed by atoms with Crippen LogP contribution in [0.2, 0.25) is 0 Å². The highest BCUT2D eigenvalue weighted by Gasteiger charge is 2.16. The quantitative estimate of drug-likeness (QED) is 0.886. The van der Waals surface area contributed by atoms with Crippen molar-refractivity contribution in [3.63, 3.8) is 0 Å². The number of rotatable bonds is 3. The number of aromatic amines is 1. The summed E-state index contributed by atoms with van der Waals surface area (Å²) in [4.78, 5) is 14.2. The average Bonchev–Trinajstić information content (AvgIpc) is 2.36. The molecule has 1 aromatic carbocycles. The highest BCUT2D eigenvalue weighted by molar-refractivity contribution is 9.10. The van der Waals surface area contributed by atoms with Crippen LogP contribution in [0.3, 0.4) is 0 Å². The van der Waals surface area contributed by atoms with E-state index in [9.17, 15) is 13.2 Å². The largest absolute Gasteiger partial charge is 0.326 e. The van der Waals surface area contributed by atoms with Crippen molar-refractivity contribution in [1.82, 2.24) is 4.98 Å². The van der Waals surface area contributed by atoms with E-state index in [2.05, 4.69) is 25.6 Å². The van der Waals surface area contributed by atoms with Crippen molar-refractivity contribution in [2.24, 2.45) is 0 Å². The Hall–Kier alpha value is -1.60. The molecule has 5 nitrogen and oxygen atoms in total. The van der Waals surface area contributed by atoms with E-state index >= 15 is 0 Å². The summed E-state index contributed by atoms with van der Waals surface area (Å²) in [6, 6.07) is 6.23. The Bertz CT molecular complexity index is 813. The van der Waals surface area contributed by atoms with Crippen LogP contribution in [0.1, 0.15) is 11.1 Å². The molecule has 0 aliphatic rings. The maximum atomic E-state index is 12.2. The maximum Gasteiger partial charge on any atom is 0.272 e. The lowest BCUT2D eigenvalue weighted by atomic mass is 10.1. The molecule has 0 saturated carbocycles. The van der Waals surface area contributed by atoms with Gasteiger partial charge in [-0.2, -0.15) is 0 Å². The summed E-state index contributed by atoms with van der Waals surface area (Å²) in [6.45, 7) is 3.73. The third-order valence-electron chi connectivity index (χ3n) is 2.90. The van der Waals surface area contributed by atoms with Gasteiger partial charge in [-0.15, -0.1) is 0 Å². The Morgan fingerprint density at radius 1 is 1.15 bits per heavy atom. The Labute approximate surface area is 125 Å². The molecule has 0 atom stereocenters. The van der Waals surface area contributed by atoms with E-state index in [0.717, 1.165) is 11.1 Å². The molecule has 2 rings (SSSR count). The Kier molecular flexibility index (Phi) is 4.01. The summed E-state index contributed by atoms with van der Waals surface area (Å²) in [7, 11) is -3.78. The SMILES string of the molecule is Cc1ccc(S(=O)(=O)Nc2cc(Br)c[nH]c2=O)cc1C. The van der Waals surface area contributed by atoms with Gasteiger partial charge < -0.3 is 4.98 Å². The van der Waals surface area contributed by atoms with Gasteiger partial charge in [0.15, 0.2) is 0 Å². The molecule has 1 aromatic heterocycles. The minimum absolute atomic E-state index is 0.0300. The first-order valence-corrected chi connectivity index (χ1v) is 8.05. The van der Waals surface area contributed by atoms with Gasteiger partial charge in [-0.25, -0.2) is 8.42 Å². The van der Waals surface area contributed by atoms with Gasteiger partial charge in [-0.3, -0.25) is 9.52 Å². The van der Waals surface area contributed by atoms with Gasteiger partial charge in [0.1, 0.15) is 5.69 Å². The lowest BCUT2D eigenvalue weighted by molar-refractivity contribution is 0.601. The zero-order valence-corrected chi connectivity index (χ0v) is 13.3. The third kappa shape index (κ3) is 3.10. The number of H-pyrrole nitrogens is 1. The van der Waals surface area contributed by atoms with Crippen molar-refractivity contribution in [1.29, 1.82) is 0 Å². The van der Waals surface area contributed by atoms with E-state index in [4.69, 9.17) is 0 Å². The summed E-state index contributed by atoms with van der Waals surface area (Å²) in [5, 5.41) is 0. The van der Waals surface area contributed by atoms with Gasteiger partial charge in [0.2, 0.25) is 0 Å². The molecule has 0 saturated heterocycles. The van der Waals surface area contributed by atoms with Gasteiger partial charge in [0.25, 0.3) is 15.6 Å². The molecular weight excluding hydrogens is 344 g/mol. The normalized spacial score (nSPS) is 11.3. The van der Waals surface area contributed by atoms with E-state index in [1.54, 1.807) is 12.1 Å². The van der Waals surface area contributed by atoms with Crippen LogP contribution in [-0.2, 0) is 10.0 Å². The second-order valence-corrected chi connectivity index (χ2v) is 7.01. The minimum atomic E-state index is -3.78. The highest BCUT2D eigenvalue weighted by Crippen LogP contribution is 2.18. The molecule has 7 heteroatoms.